The van der Waals surface area contributed by atoms with Crippen LogP contribution in [-0.2, 0) is 0 Å². The monoisotopic (exact) mass is 345 g/mol. The fourth-order valence-corrected chi connectivity index (χ4v) is 3.33. The topological polar surface area (TPSA) is 94.5 Å². The number of hydrogen-bond acceptors (Lipinski definition) is 6. The Balaban J connectivity index is 1.79. The fraction of sp³-hybridized carbons (Fsp3) is 0. The van der Waals surface area contributed by atoms with Crippen molar-refractivity contribution >= 4 is 32.6 Å². The van der Waals surface area contributed by atoms with E-state index in [0.717, 1.165) is 10.2 Å². The molecule has 0 radical (unpaired) electrons. The normalized spacial score (nSPS) is 10.5. The molecule has 0 aliphatic carbocycles. The number of fused-ring (bicyclic) bond motifs is 1. The molecule has 2 N–H and O–H groups in total. The summed E-state index contributed by atoms with van der Waals surface area (Å²) in [4.78, 5) is 23.7. The van der Waals surface area contributed by atoms with Crippen molar-refractivity contribution in [1.29, 1.82) is 5.26 Å². The Hall–Kier alpha value is -3.50. The van der Waals surface area contributed by atoms with E-state index in [1.54, 1.807) is 0 Å². The van der Waals surface area contributed by atoms with Gasteiger partial charge in [-0.3, -0.25) is 9.78 Å². The average molecular weight is 345 g/mol. The van der Waals surface area contributed by atoms with Crippen molar-refractivity contribution in [3.8, 4) is 17.3 Å². The van der Waals surface area contributed by atoms with Gasteiger partial charge in [-0.25, -0.2) is 9.97 Å². The van der Waals surface area contributed by atoms with Crippen LogP contribution < -0.4 is 10.9 Å². The van der Waals surface area contributed by atoms with E-state index in [1.807, 2.05) is 60.7 Å². The van der Waals surface area contributed by atoms with Crippen LogP contribution in [0.2, 0.25) is 0 Å². The molecule has 4 aromatic rings. The third-order valence-electron chi connectivity index (χ3n) is 3.60. The molecule has 0 saturated carbocycles. The quantitative estimate of drug-likeness (QED) is 0.591. The molecule has 0 unspecified atom stereocenters. The number of H-pyrrole nitrogens is 1. The third kappa shape index (κ3) is 2.86. The van der Waals surface area contributed by atoms with Crippen molar-refractivity contribution in [2.45, 2.75) is 0 Å². The smallest absolute Gasteiger partial charge is 0.270 e. The molecule has 6 nitrogen and oxygen atoms in total. The molecule has 0 spiro atoms. The second kappa shape index (κ2) is 6.19. The number of hydrogen-bond donors (Lipinski definition) is 2. The molecule has 0 fully saturated rings. The van der Waals surface area contributed by atoms with Crippen LogP contribution in [0.3, 0.4) is 0 Å². The van der Waals surface area contributed by atoms with Crippen LogP contribution in [0.25, 0.3) is 21.5 Å². The van der Waals surface area contributed by atoms with E-state index >= 15 is 0 Å². The Morgan fingerprint density at radius 1 is 1.04 bits per heavy atom. The molecule has 2 aromatic carbocycles. The van der Waals surface area contributed by atoms with Crippen LogP contribution in [0, 0.1) is 11.3 Å². The summed E-state index contributed by atoms with van der Waals surface area (Å²) in [5, 5.41) is 12.9. The standard InChI is InChI=1S/C18H11N5OS/c19-10-12-15(11-6-2-1-3-7-11)21-17(22-16(12)24)23-18-20-13-8-4-5-9-14(13)25-18/h1-9H,(H2,20,21,22,23,24). The SMILES string of the molecule is N#Cc1c(-c2ccccc2)nc(Nc2nc3ccccc3s2)[nH]c1=O. The van der Waals surface area contributed by atoms with E-state index < -0.39 is 5.56 Å². The molecule has 120 valence electrons. The van der Waals surface area contributed by atoms with Crippen molar-refractivity contribution in [3.05, 3.63) is 70.5 Å². The predicted molar refractivity (Wildman–Crippen MR) is 97.9 cm³/mol. The first kappa shape index (κ1) is 15.1. The highest BCUT2D eigenvalue weighted by Crippen LogP contribution is 2.27. The summed E-state index contributed by atoms with van der Waals surface area (Å²) < 4.78 is 1.03. The van der Waals surface area contributed by atoms with Gasteiger partial charge in [-0.05, 0) is 12.1 Å². The largest absolute Gasteiger partial charge is 0.302 e. The average Bonchev–Trinajstić information content (AvgIpc) is 3.04. The summed E-state index contributed by atoms with van der Waals surface area (Å²) in [5.74, 6) is 0.252. The highest BCUT2D eigenvalue weighted by atomic mass is 32.1. The lowest BCUT2D eigenvalue weighted by Gasteiger charge is -2.06. The lowest BCUT2D eigenvalue weighted by atomic mass is 10.1. The maximum Gasteiger partial charge on any atom is 0.270 e. The number of para-hydroxylation sites is 1. The Morgan fingerprint density at radius 3 is 2.56 bits per heavy atom. The van der Waals surface area contributed by atoms with Gasteiger partial charge in [-0.2, -0.15) is 5.26 Å². The van der Waals surface area contributed by atoms with Gasteiger partial charge in [-0.15, -0.1) is 0 Å². The lowest BCUT2D eigenvalue weighted by molar-refractivity contribution is 1.11. The van der Waals surface area contributed by atoms with Crippen LogP contribution in [0.15, 0.2) is 59.4 Å². The summed E-state index contributed by atoms with van der Waals surface area (Å²) in [6.45, 7) is 0. The van der Waals surface area contributed by atoms with E-state index in [1.165, 1.54) is 11.3 Å². The molecule has 2 heterocycles. The van der Waals surface area contributed by atoms with Gasteiger partial charge in [-0.1, -0.05) is 53.8 Å². The molecule has 0 aliphatic heterocycles. The minimum Gasteiger partial charge on any atom is -0.302 e. The zero-order chi connectivity index (χ0) is 17.2. The van der Waals surface area contributed by atoms with Crippen molar-refractivity contribution in [2.24, 2.45) is 0 Å². The van der Waals surface area contributed by atoms with E-state index in [-0.39, 0.29) is 11.5 Å². The number of nitrogens with zero attached hydrogens (tertiary/aromatic N) is 3. The third-order valence-corrected chi connectivity index (χ3v) is 4.55. The molecular weight excluding hydrogens is 334 g/mol. The van der Waals surface area contributed by atoms with Crippen LogP contribution >= 0.6 is 11.3 Å². The number of nitriles is 1. The summed E-state index contributed by atoms with van der Waals surface area (Å²) in [7, 11) is 0. The zero-order valence-corrected chi connectivity index (χ0v) is 13.7. The van der Waals surface area contributed by atoms with Crippen LogP contribution in [0.1, 0.15) is 5.56 Å². The number of rotatable bonds is 3. The van der Waals surface area contributed by atoms with Gasteiger partial charge >= 0.3 is 0 Å². The van der Waals surface area contributed by atoms with E-state index in [2.05, 4.69) is 20.3 Å². The van der Waals surface area contributed by atoms with Gasteiger partial charge in [0.1, 0.15) is 11.6 Å². The molecule has 25 heavy (non-hydrogen) atoms. The molecule has 0 amide bonds. The van der Waals surface area contributed by atoms with Gasteiger partial charge in [0.2, 0.25) is 5.95 Å². The zero-order valence-electron chi connectivity index (χ0n) is 12.9. The Kier molecular flexibility index (Phi) is 3.72. The van der Waals surface area contributed by atoms with Crippen molar-refractivity contribution in [1.82, 2.24) is 15.0 Å². The maximum absolute atomic E-state index is 12.3. The summed E-state index contributed by atoms with van der Waals surface area (Å²) in [6.07, 6.45) is 0. The van der Waals surface area contributed by atoms with Crippen LogP contribution in [0.4, 0.5) is 11.1 Å². The number of anilines is 2. The summed E-state index contributed by atoms with van der Waals surface area (Å²) in [5.41, 5.74) is 1.42. The predicted octanol–water partition coefficient (Wildman–Crippen LogP) is 3.66. The Bertz CT molecular complexity index is 1120. The number of aromatic nitrogens is 3. The maximum atomic E-state index is 12.3. The van der Waals surface area contributed by atoms with Gasteiger partial charge in [0, 0.05) is 5.56 Å². The van der Waals surface area contributed by atoms with Crippen molar-refractivity contribution in [2.75, 3.05) is 5.32 Å². The minimum atomic E-state index is -0.486. The second-order valence-corrected chi connectivity index (χ2v) is 6.26. The number of nitrogens with one attached hydrogen (secondary N) is 2. The van der Waals surface area contributed by atoms with Crippen molar-refractivity contribution < 1.29 is 0 Å². The molecule has 0 atom stereocenters. The molecule has 7 heteroatoms. The Labute approximate surface area is 146 Å². The first-order valence-corrected chi connectivity index (χ1v) is 8.28. The second-order valence-electron chi connectivity index (χ2n) is 5.23. The number of thiazole rings is 1. The van der Waals surface area contributed by atoms with Gasteiger partial charge in [0.05, 0.1) is 15.9 Å². The first-order chi connectivity index (χ1) is 12.2. The Morgan fingerprint density at radius 2 is 1.80 bits per heavy atom. The molecule has 0 bridgehead atoms. The van der Waals surface area contributed by atoms with Gasteiger partial charge in [0.15, 0.2) is 5.13 Å². The van der Waals surface area contributed by atoms with Crippen molar-refractivity contribution in [3.63, 3.8) is 0 Å². The molecular formula is C18H11N5OS. The van der Waals surface area contributed by atoms with E-state index in [0.29, 0.717) is 16.4 Å². The fourth-order valence-electron chi connectivity index (χ4n) is 2.47. The molecule has 4 rings (SSSR count). The molecule has 0 aliphatic rings. The minimum absolute atomic E-state index is 0.0129. The number of benzene rings is 2. The summed E-state index contributed by atoms with van der Waals surface area (Å²) >= 11 is 1.46. The summed E-state index contributed by atoms with van der Waals surface area (Å²) in [6, 6.07) is 18.8. The molecule has 0 saturated heterocycles. The highest BCUT2D eigenvalue weighted by molar-refractivity contribution is 7.22. The lowest BCUT2D eigenvalue weighted by Crippen LogP contribution is -2.16. The van der Waals surface area contributed by atoms with Crippen LogP contribution in [-0.4, -0.2) is 15.0 Å². The van der Waals surface area contributed by atoms with Gasteiger partial charge < -0.3 is 5.32 Å². The van der Waals surface area contributed by atoms with Crippen LogP contribution in [0.5, 0.6) is 0 Å². The first-order valence-electron chi connectivity index (χ1n) is 7.47. The number of aromatic amines is 1. The van der Waals surface area contributed by atoms with E-state index in [9.17, 15) is 10.1 Å². The molecule has 2 aromatic heterocycles. The van der Waals surface area contributed by atoms with E-state index in [4.69, 9.17) is 0 Å². The van der Waals surface area contributed by atoms with Gasteiger partial charge in [0.25, 0.3) is 5.56 Å². The highest BCUT2D eigenvalue weighted by Gasteiger charge is 2.14.